The van der Waals surface area contributed by atoms with E-state index in [0.717, 1.165) is 12.3 Å². The number of aromatic nitrogens is 2. The summed E-state index contributed by atoms with van der Waals surface area (Å²) >= 11 is 1.98. The standard InChI is InChI=1S/C10H16N2S/c1-10(2,3)8-6-12-4-5-13-7-9(12)11-8/h6H,4-5,7H2,1-3H3. The van der Waals surface area contributed by atoms with E-state index >= 15 is 0 Å². The van der Waals surface area contributed by atoms with Crippen LogP contribution in [0.15, 0.2) is 6.20 Å². The zero-order valence-electron chi connectivity index (χ0n) is 8.50. The predicted octanol–water partition coefficient (Wildman–Crippen LogP) is 2.43. The molecule has 1 aliphatic rings. The molecule has 0 aromatic carbocycles. The third-order valence-corrected chi connectivity index (χ3v) is 3.27. The number of thioether (sulfide) groups is 1. The first-order valence-electron chi connectivity index (χ1n) is 4.71. The normalized spacial score (nSPS) is 17.2. The maximum Gasteiger partial charge on any atom is 0.119 e. The van der Waals surface area contributed by atoms with Crippen LogP contribution in [0.2, 0.25) is 0 Å². The van der Waals surface area contributed by atoms with E-state index in [-0.39, 0.29) is 5.41 Å². The fourth-order valence-corrected chi connectivity index (χ4v) is 2.33. The summed E-state index contributed by atoms with van der Waals surface area (Å²) in [6, 6.07) is 0. The summed E-state index contributed by atoms with van der Waals surface area (Å²) < 4.78 is 2.30. The van der Waals surface area contributed by atoms with Gasteiger partial charge in [-0.1, -0.05) is 20.8 Å². The van der Waals surface area contributed by atoms with Gasteiger partial charge in [-0.15, -0.1) is 0 Å². The second kappa shape index (κ2) is 3.05. The van der Waals surface area contributed by atoms with Crippen LogP contribution in [0, 0.1) is 0 Å². The van der Waals surface area contributed by atoms with E-state index < -0.39 is 0 Å². The lowest BCUT2D eigenvalue weighted by atomic mass is 9.93. The van der Waals surface area contributed by atoms with Crippen LogP contribution < -0.4 is 0 Å². The Morgan fingerprint density at radius 1 is 1.46 bits per heavy atom. The zero-order valence-corrected chi connectivity index (χ0v) is 9.32. The van der Waals surface area contributed by atoms with Gasteiger partial charge in [0.2, 0.25) is 0 Å². The lowest BCUT2D eigenvalue weighted by Gasteiger charge is -2.13. The average Bonchev–Trinajstić information content (AvgIpc) is 2.45. The molecular formula is C10H16N2S. The molecule has 0 unspecified atom stereocenters. The van der Waals surface area contributed by atoms with Crippen LogP contribution in [-0.4, -0.2) is 15.3 Å². The third kappa shape index (κ3) is 1.75. The van der Waals surface area contributed by atoms with Gasteiger partial charge in [0.1, 0.15) is 5.82 Å². The minimum atomic E-state index is 0.189. The molecule has 1 aromatic heterocycles. The second-order valence-corrected chi connectivity index (χ2v) is 5.64. The fraction of sp³-hybridized carbons (Fsp3) is 0.700. The summed E-state index contributed by atoms with van der Waals surface area (Å²) in [4.78, 5) is 4.66. The van der Waals surface area contributed by atoms with Gasteiger partial charge in [0.15, 0.2) is 0 Å². The molecule has 0 aliphatic carbocycles. The molecule has 13 heavy (non-hydrogen) atoms. The Balaban J connectivity index is 2.36. The number of fused-ring (bicyclic) bond motifs is 1. The third-order valence-electron chi connectivity index (χ3n) is 2.34. The Kier molecular flexibility index (Phi) is 2.14. The number of hydrogen-bond donors (Lipinski definition) is 0. The highest BCUT2D eigenvalue weighted by molar-refractivity contribution is 7.98. The van der Waals surface area contributed by atoms with E-state index in [2.05, 4.69) is 36.5 Å². The quantitative estimate of drug-likeness (QED) is 0.634. The van der Waals surface area contributed by atoms with Gasteiger partial charge in [0.25, 0.3) is 0 Å². The van der Waals surface area contributed by atoms with Crippen LogP contribution in [-0.2, 0) is 17.7 Å². The van der Waals surface area contributed by atoms with Crippen LogP contribution in [0.1, 0.15) is 32.3 Å². The highest BCUT2D eigenvalue weighted by Gasteiger charge is 2.20. The fourth-order valence-electron chi connectivity index (χ4n) is 1.45. The Hall–Kier alpha value is -0.440. The lowest BCUT2D eigenvalue weighted by Crippen LogP contribution is -2.11. The maximum atomic E-state index is 4.66. The molecule has 1 aromatic rings. The minimum Gasteiger partial charge on any atom is -0.333 e. The molecule has 0 atom stereocenters. The summed E-state index contributed by atoms with van der Waals surface area (Å²) in [5.74, 6) is 3.56. The molecule has 0 saturated carbocycles. The molecule has 2 rings (SSSR count). The minimum absolute atomic E-state index is 0.189. The summed E-state index contributed by atoms with van der Waals surface area (Å²) in [6.07, 6.45) is 2.22. The number of aryl methyl sites for hydroxylation is 1. The number of imidazole rings is 1. The maximum absolute atomic E-state index is 4.66. The van der Waals surface area contributed by atoms with Gasteiger partial charge < -0.3 is 4.57 Å². The predicted molar refractivity (Wildman–Crippen MR) is 57.1 cm³/mol. The first-order valence-corrected chi connectivity index (χ1v) is 5.87. The Labute approximate surface area is 83.7 Å². The van der Waals surface area contributed by atoms with E-state index in [4.69, 9.17) is 0 Å². The van der Waals surface area contributed by atoms with Crippen molar-refractivity contribution >= 4 is 11.8 Å². The van der Waals surface area contributed by atoms with E-state index in [1.165, 1.54) is 17.3 Å². The zero-order chi connectivity index (χ0) is 9.47. The highest BCUT2D eigenvalue weighted by Crippen LogP contribution is 2.25. The van der Waals surface area contributed by atoms with Crippen LogP contribution in [0.5, 0.6) is 0 Å². The van der Waals surface area contributed by atoms with Crippen molar-refractivity contribution in [1.29, 1.82) is 0 Å². The molecule has 0 N–H and O–H groups in total. The molecule has 3 heteroatoms. The molecular weight excluding hydrogens is 180 g/mol. The largest absolute Gasteiger partial charge is 0.333 e. The molecule has 0 bridgehead atoms. The van der Waals surface area contributed by atoms with Gasteiger partial charge >= 0.3 is 0 Å². The summed E-state index contributed by atoms with van der Waals surface area (Å²) in [6.45, 7) is 7.78. The molecule has 0 radical (unpaired) electrons. The molecule has 0 spiro atoms. The van der Waals surface area contributed by atoms with Crippen LogP contribution in [0.3, 0.4) is 0 Å². The van der Waals surface area contributed by atoms with Crippen molar-refractivity contribution in [2.45, 2.75) is 38.5 Å². The number of nitrogens with zero attached hydrogens (tertiary/aromatic N) is 2. The molecule has 1 aliphatic heterocycles. The SMILES string of the molecule is CC(C)(C)c1cn2c(n1)CSCC2. The van der Waals surface area contributed by atoms with Crippen LogP contribution >= 0.6 is 11.8 Å². The molecule has 2 heterocycles. The molecule has 72 valence electrons. The second-order valence-electron chi connectivity index (χ2n) is 4.54. The van der Waals surface area contributed by atoms with Crippen molar-refractivity contribution in [3.05, 3.63) is 17.7 Å². The summed E-state index contributed by atoms with van der Waals surface area (Å²) in [7, 11) is 0. The number of hydrogen-bond acceptors (Lipinski definition) is 2. The topological polar surface area (TPSA) is 17.8 Å². The van der Waals surface area contributed by atoms with Crippen molar-refractivity contribution in [2.24, 2.45) is 0 Å². The first kappa shape index (κ1) is 9.13. The highest BCUT2D eigenvalue weighted by atomic mass is 32.2. The van der Waals surface area contributed by atoms with Crippen LogP contribution in [0.25, 0.3) is 0 Å². The van der Waals surface area contributed by atoms with Crippen molar-refractivity contribution in [3.8, 4) is 0 Å². The summed E-state index contributed by atoms with van der Waals surface area (Å²) in [5.41, 5.74) is 1.42. The van der Waals surface area contributed by atoms with Crippen molar-refractivity contribution in [1.82, 2.24) is 9.55 Å². The molecule has 0 fully saturated rings. The van der Waals surface area contributed by atoms with E-state index in [1.807, 2.05) is 11.8 Å². The van der Waals surface area contributed by atoms with E-state index in [9.17, 15) is 0 Å². The van der Waals surface area contributed by atoms with Crippen molar-refractivity contribution in [2.75, 3.05) is 5.75 Å². The van der Waals surface area contributed by atoms with Gasteiger partial charge in [-0.3, -0.25) is 0 Å². The first-order chi connectivity index (χ1) is 6.07. The van der Waals surface area contributed by atoms with Gasteiger partial charge in [0.05, 0.1) is 11.4 Å². The van der Waals surface area contributed by atoms with E-state index in [0.29, 0.717) is 0 Å². The summed E-state index contributed by atoms with van der Waals surface area (Å²) in [5, 5.41) is 0. The Morgan fingerprint density at radius 3 is 2.85 bits per heavy atom. The van der Waals surface area contributed by atoms with Crippen LogP contribution in [0.4, 0.5) is 0 Å². The van der Waals surface area contributed by atoms with Gasteiger partial charge in [0, 0.05) is 23.9 Å². The lowest BCUT2D eigenvalue weighted by molar-refractivity contribution is 0.570. The average molecular weight is 196 g/mol. The van der Waals surface area contributed by atoms with Crippen molar-refractivity contribution < 1.29 is 0 Å². The van der Waals surface area contributed by atoms with Gasteiger partial charge in [-0.05, 0) is 0 Å². The molecule has 2 nitrogen and oxygen atoms in total. The van der Waals surface area contributed by atoms with Gasteiger partial charge in [-0.2, -0.15) is 11.8 Å². The molecule has 0 saturated heterocycles. The van der Waals surface area contributed by atoms with Gasteiger partial charge in [-0.25, -0.2) is 4.98 Å². The number of rotatable bonds is 0. The molecule has 0 amide bonds. The Morgan fingerprint density at radius 2 is 2.23 bits per heavy atom. The van der Waals surface area contributed by atoms with E-state index in [1.54, 1.807) is 0 Å². The van der Waals surface area contributed by atoms with Crippen molar-refractivity contribution in [3.63, 3.8) is 0 Å². The smallest absolute Gasteiger partial charge is 0.119 e. The monoisotopic (exact) mass is 196 g/mol. The Bertz CT molecular complexity index is 286.